The van der Waals surface area contributed by atoms with Gasteiger partial charge < -0.3 is 5.32 Å². The Labute approximate surface area is 158 Å². The Morgan fingerprint density at radius 3 is 2.62 bits per heavy atom. The fourth-order valence-electron chi connectivity index (χ4n) is 3.38. The summed E-state index contributed by atoms with van der Waals surface area (Å²) >= 11 is 3.49. The molecular weight excluding hydrogens is 390 g/mol. The standard InChI is InChI=1S/C20H14BrN5/c21-15-10-8-14(9-11-15)18-12-19(26-20(22-18)23-24-25-26)17-7-3-5-13-4-1-2-6-16(13)17/h1-12,19H,(H,22,23,25). The van der Waals surface area contributed by atoms with E-state index in [9.17, 15) is 0 Å². The number of benzene rings is 3. The quantitative estimate of drug-likeness (QED) is 0.529. The molecule has 126 valence electrons. The zero-order chi connectivity index (χ0) is 17.5. The summed E-state index contributed by atoms with van der Waals surface area (Å²) < 4.78 is 2.87. The average Bonchev–Trinajstić information content (AvgIpc) is 3.16. The van der Waals surface area contributed by atoms with Gasteiger partial charge in [-0.2, -0.15) is 4.68 Å². The van der Waals surface area contributed by atoms with Crippen LogP contribution >= 0.6 is 15.9 Å². The normalized spacial score (nSPS) is 16.0. The number of allylic oxidation sites excluding steroid dienone is 1. The van der Waals surface area contributed by atoms with Crippen molar-refractivity contribution in [1.29, 1.82) is 0 Å². The van der Waals surface area contributed by atoms with Gasteiger partial charge >= 0.3 is 0 Å². The molecule has 0 aliphatic carbocycles. The summed E-state index contributed by atoms with van der Waals surface area (Å²) in [4.78, 5) is 0. The second-order valence-electron chi connectivity index (χ2n) is 6.17. The maximum atomic E-state index is 4.20. The molecule has 3 aromatic carbocycles. The zero-order valence-electron chi connectivity index (χ0n) is 13.7. The van der Waals surface area contributed by atoms with E-state index in [1.807, 2.05) is 16.8 Å². The first-order chi connectivity index (χ1) is 12.8. The Morgan fingerprint density at radius 1 is 0.923 bits per heavy atom. The lowest BCUT2D eigenvalue weighted by molar-refractivity contribution is 0.589. The van der Waals surface area contributed by atoms with Crippen molar-refractivity contribution in [2.24, 2.45) is 0 Å². The summed E-state index contributed by atoms with van der Waals surface area (Å²) in [5.74, 6) is 0.642. The van der Waals surface area contributed by atoms with Gasteiger partial charge in [0.2, 0.25) is 5.95 Å². The molecule has 2 heterocycles. The number of halogens is 1. The molecule has 0 fully saturated rings. The second kappa shape index (κ2) is 6.07. The van der Waals surface area contributed by atoms with Gasteiger partial charge in [-0.15, -0.1) is 0 Å². The van der Waals surface area contributed by atoms with Gasteiger partial charge in [0.15, 0.2) is 0 Å². The largest absolute Gasteiger partial charge is 0.323 e. The third kappa shape index (κ3) is 2.50. The monoisotopic (exact) mass is 403 g/mol. The van der Waals surface area contributed by atoms with E-state index in [-0.39, 0.29) is 6.04 Å². The van der Waals surface area contributed by atoms with Gasteiger partial charge in [0, 0.05) is 10.2 Å². The number of aromatic nitrogens is 4. The van der Waals surface area contributed by atoms with E-state index in [2.05, 4.69) is 97.4 Å². The Bertz CT molecular complexity index is 1130. The Hall–Kier alpha value is -2.99. The summed E-state index contributed by atoms with van der Waals surface area (Å²) in [6.45, 7) is 0. The molecule has 1 aromatic heterocycles. The molecule has 0 radical (unpaired) electrons. The first-order valence-corrected chi connectivity index (χ1v) is 9.09. The van der Waals surface area contributed by atoms with Crippen LogP contribution in [0.5, 0.6) is 0 Å². The third-order valence-electron chi connectivity index (χ3n) is 4.62. The summed E-state index contributed by atoms with van der Waals surface area (Å²) in [6.07, 6.45) is 2.17. The summed E-state index contributed by atoms with van der Waals surface area (Å²) in [7, 11) is 0. The number of hydrogen-bond acceptors (Lipinski definition) is 4. The molecule has 1 aliphatic heterocycles. The minimum absolute atomic E-state index is 0.0778. The third-order valence-corrected chi connectivity index (χ3v) is 5.15. The van der Waals surface area contributed by atoms with Gasteiger partial charge in [-0.25, -0.2) is 0 Å². The lowest BCUT2D eigenvalue weighted by atomic mass is 9.96. The summed E-state index contributed by atoms with van der Waals surface area (Å²) in [5, 5.41) is 18.0. The molecule has 1 atom stereocenters. The van der Waals surface area contributed by atoms with Crippen LogP contribution < -0.4 is 5.32 Å². The van der Waals surface area contributed by atoms with Gasteiger partial charge in [0.1, 0.15) is 6.04 Å². The van der Waals surface area contributed by atoms with E-state index in [4.69, 9.17) is 0 Å². The molecule has 1 aliphatic rings. The molecule has 1 unspecified atom stereocenters. The average molecular weight is 404 g/mol. The van der Waals surface area contributed by atoms with Crippen molar-refractivity contribution < 1.29 is 0 Å². The molecule has 26 heavy (non-hydrogen) atoms. The highest BCUT2D eigenvalue weighted by Gasteiger charge is 2.25. The first kappa shape index (κ1) is 15.3. The van der Waals surface area contributed by atoms with Gasteiger partial charge in [-0.1, -0.05) is 75.6 Å². The SMILES string of the molecule is Brc1ccc(C2=CC(c3cccc4ccccc34)n3nnnc3N2)cc1. The van der Waals surface area contributed by atoms with Crippen molar-refractivity contribution in [3.05, 3.63) is 88.4 Å². The van der Waals surface area contributed by atoms with Crippen LogP contribution in [0.1, 0.15) is 17.2 Å². The van der Waals surface area contributed by atoms with Crippen molar-refractivity contribution in [3.63, 3.8) is 0 Å². The van der Waals surface area contributed by atoms with Crippen molar-refractivity contribution in [3.8, 4) is 0 Å². The highest BCUT2D eigenvalue weighted by atomic mass is 79.9. The number of hydrogen-bond donors (Lipinski definition) is 1. The van der Waals surface area contributed by atoms with Crippen LogP contribution in [-0.2, 0) is 0 Å². The molecular formula is C20H14BrN5. The van der Waals surface area contributed by atoms with Crippen LogP contribution in [0.4, 0.5) is 5.95 Å². The van der Waals surface area contributed by atoms with Crippen molar-refractivity contribution in [1.82, 2.24) is 20.2 Å². The number of fused-ring (bicyclic) bond motifs is 2. The maximum Gasteiger partial charge on any atom is 0.248 e. The van der Waals surface area contributed by atoms with E-state index in [1.165, 1.54) is 16.3 Å². The van der Waals surface area contributed by atoms with Gasteiger partial charge in [-0.3, -0.25) is 0 Å². The van der Waals surface area contributed by atoms with Crippen molar-refractivity contribution in [2.45, 2.75) is 6.04 Å². The molecule has 0 saturated carbocycles. The smallest absolute Gasteiger partial charge is 0.248 e. The fourth-order valence-corrected chi connectivity index (χ4v) is 3.65. The second-order valence-corrected chi connectivity index (χ2v) is 7.09. The van der Waals surface area contributed by atoms with Crippen LogP contribution in [0, 0.1) is 0 Å². The molecule has 5 nitrogen and oxygen atoms in total. The lowest BCUT2D eigenvalue weighted by Crippen LogP contribution is -2.20. The van der Waals surface area contributed by atoms with Crippen LogP contribution in [0.25, 0.3) is 16.5 Å². The van der Waals surface area contributed by atoms with Crippen LogP contribution in [-0.4, -0.2) is 20.2 Å². The maximum absolute atomic E-state index is 4.20. The minimum atomic E-state index is -0.0778. The van der Waals surface area contributed by atoms with Crippen molar-refractivity contribution >= 4 is 38.3 Å². The minimum Gasteiger partial charge on any atom is -0.323 e. The van der Waals surface area contributed by atoms with Crippen molar-refractivity contribution in [2.75, 3.05) is 5.32 Å². The Morgan fingerprint density at radius 2 is 1.73 bits per heavy atom. The van der Waals surface area contributed by atoms with Crippen LogP contribution in [0.15, 0.2) is 77.3 Å². The number of rotatable bonds is 2. The van der Waals surface area contributed by atoms with E-state index < -0.39 is 0 Å². The topological polar surface area (TPSA) is 55.6 Å². The molecule has 6 heteroatoms. The highest BCUT2D eigenvalue weighted by molar-refractivity contribution is 9.10. The number of tetrazole rings is 1. The molecule has 1 N–H and O–H groups in total. The van der Waals surface area contributed by atoms with Gasteiger partial charge in [-0.05, 0) is 50.5 Å². The molecule has 0 saturated heterocycles. The summed E-state index contributed by atoms with van der Waals surface area (Å²) in [5.41, 5.74) is 3.26. The zero-order valence-corrected chi connectivity index (χ0v) is 15.3. The molecule has 0 bridgehead atoms. The summed E-state index contributed by atoms with van der Waals surface area (Å²) in [6, 6.07) is 22.9. The fraction of sp³-hybridized carbons (Fsp3) is 0.0500. The predicted molar refractivity (Wildman–Crippen MR) is 106 cm³/mol. The van der Waals surface area contributed by atoms with Gasteiger partial charge in [0.05, 0.1) is 0 Å². The highest BCUT2D eigenvalue weighted by Crippen LogP contribution is 2.35. The molecule has 0 spiro atoms. The van der Waals surface area contributed by atoms with E-state index in [1.54, 1.807) is 0 Å². The number of anilines is 1. The van der Waals surface area contributed by atoms with E-state index >= 15 is 0 Å². The van der Waals surface area contributed by atoms with Crippen LogP contribution in [0.3, 0.4) is 0 Å². The number of nitrogens with zero attached hydrogens (tertiary/aromatic N) is 4. The molecule has 5 rings (SSSR count). The van der Waals surface area contributed by atoms with E-state index in [0.29, 0.717) is 5.95 Å². The number of nitrogens with one attached hydrogen (secondary N) is 1. The first-order valence-electron chi connectivity index (χ1n) is 8.30. The van der Waals surface area contributed by atoms with E-state index in [0.717, 1.165) is 15.7 Å². The van der Waals surface area contributed by atoms with Crippen LogP contribution in [0.2, 0.25) is 0 Å². The predicted octanol–water partition coefficient (Wildman–Crippen LogP) is 4.64. The Kier molecular flexibility index (Phi) is 3.57. The lowest BCUT2D eigenvalue weighted by Gasteiger charge is -2.24. The molecule has 0 amide bonds. The van der Waals surface area contributed by atoms with Gasteiger partial charge in [0.25, 0.3) is 0 Å². The molecule has 4 aromatic rings. The Balaban J connectivity index is 1.70.